The first kappa shape index (κ1) is 15.1. The molecule has 0 spiro atoms. The topological polar surface area (TPSA) is 51.2 Å². The summed E-state index contributed by atoms with van der Waals surface area (Å²) in [6.07, 6.45) is 4.59. The Morgan fingerprint density at radius 3 is 2.82 bits per heavy atom. The summed E-state index contributed by atoms with van der Waals surface area (Å²) in [5.41, 5.74) is 1.12. The third-order valence-corrected chi connectivity index (χ3v) is 4.40. The van der Waals surface area contributed by atoms with Gasteiger partial charge in [0.2, 0.25) is 0 Å². The molecule has 4 nitrogen and oxygen atoms in total. The van der Waals surface area contributed by atoms with Gasteiger partial charge in [0, 0.05) is 11.4 Å². The van der Waals surface area contributed by atoms with Crippen LogP contribution in [-0.4, -0.2) is 23.6 Å². The number of nitrogens with one attached hydrogen (secondary N) is 1. The maximum Gasteiger partial charge on any atom is 0.343 e. The zero-order valence-electron chi connectivity index (χ0n) is 12.6. The molecule has 22 heavy (non-hydrogen) atoms. The van der Waals surface area contributed by atoms with Crippen LogP contribution in [0.2, 0.25) is 5.02 Å². The van der Waals surface area contributed by atoms with Gasteiger partial charge in [-0.3, -0.25) is 0 Å². The van der Waals surface area contributed by atoms with E-state index in [1.165, 1.54) is 12.8 Å². The molecule has 0 amide bonds. The van der Waals surface area contributed by atoms with E-state index in [1.807, 2.05) is 24.3 Å². The number of esters is 1. The first-order valence-corrected chi connectivity index (χ1v) is 8.10. The van der Waals surface area contributed by atoms with E-state index in [0.717, 1.165) is 23.7 Å². The van der Waals surface area contributed by atoms with Gasteiger partial charge in [0.25, 0.3) is 0 Å². The molecule has 116 valence electrons. The first-order valence-electron chi connectivity index (χ1n) is 7.72. The maximum atomic E-state index is 12.3. The van der Waals surface area contributed by atoms with Crippen molar-refractivity contribution in [3.63, 3.8) is 0 Å². The van der Waals surface area contributed by atoms with Gasteiger partial charge in [-0.05, 0) is 25.8 Å². The van der Waals surface area contributed by atoms with E-state index in [4.69, 9.17) is 16.3 Å². The average molecular weight is 319 g/mol. The van der Waals surface area contributed by atoms with Crippen LogP contribution >= 0.6 is 11.6 Å². The van der Waals surface area contributed by atoms with Crippen molar-refractivity contribution in [3.05, 3.63) is 34.9 Å². The average Bonchev–Trinajstić information content (AvgIpc) is 3.00. The highest BCUT2D eigenvalue weighted by molar-refractivity contribution is 6.39. The lowest BCUT2D eigenvalue weighted by molar-refractivity contribution is 0.0527. The molecule has 0 radical (unpaired) electrons. The molecule has 1 heterocycles. The predicted octanol–water partition coefficient (Wildman–Crippen LogP) is 4.42. The van der Waals surface area contributed by atoms with Gasteiger partial charge in [0.1, 0.15) is 11.4 Å². The van der Waals surface area contributed by atoms with E-state index in [2.05, 4.69) is 10.3 Å². The number of anilines is 1. The summed E-state index contributed by atoms with van der Waals surface area (Å²) in [7, 11) is 0. The van der Waals surface area contributed by atoms with Gasteiger partial charge < -0.3 is 10.1 Å². The van der Waals surface area contributed by atoms with Crippen molar-refractivity contribution in [1.82, 2.24) is 4.98 Å². The van der Waals surface area contributed by atoms with Crippen molar-refractivity contribution in [2.75, 3.05) is 11.9 Å². The monoisotopic (exact) mass is 318 g/mol. The van der Waals surface area contributed by atoms with Crippen LogP contribution in [0.3, 0.4) is 0 Å². The lowest BCUT2D eigenvalue weighted by atomic mass is 10.1. The summed E-state index contributed by atoms with van der Waals surface area (Å²) in [5, 5.41) is 4.56. The Bertz CT molecular complexity index is 696. The lowest BCUT2D eigenvalue weighted by Gasteiger charge is -2.17. The molecule has 1 N–H and O–H groups in total. The number of pyridine rings is 1. The number of ether oxygens (including phenoxy) is 1. The van der Waals surface area contributed by atoms with Gasteiger partial charge in [0.05, 0.1) is 17.1 Å². The minimum absolute atomic E-state index is 0.310. The second kappa shape index (κ2) is 6.53. The summed E-state index contributed by atoms with van der Waals surface area (Å²) >= 11 is 6.48. The van der Waals surface area contributed by atoms with Gasteiger partial charge in [0.15, 0.2) is 0 Å². The number of hydrogen-bond donors (Lipinski definition) is 1. The van der Waals surface area contributed by atoms with Gasteiger partial charge in [-0.25, -0.2) is 9.78 Å². The van der Waals surface area contributed by atoms with Crippen LogP contribution in [0.5, 0.6) is 0 Å². The van der Waals surface area contributed by atoms with E-state index in [0.29, 0.717) is 29.1 Å². The standard InChI is InChI=1S/C17H19ClN2O2/c1-2-22-17(21)14-15(18)12-9-5-6-10-13(12)20-16(14)19-11-7-3-4-8-11/h5-6,9-11H,2-4,7-8H2,1H3,(H,19,20). The molecule has 1 saturated carbocycles. The summed E-state index contributed by atoms with van der Waals surface area (Å²) in [6, 6.07) is 7.91. The molecule has 2 aromatic rings. The van der Waals surface area contributed by atoms with Crippen LogP contribution in [0, 0.1) is 0 Å². The molecule has 0 aliphatic heterocycles. The fourth-order valence-electron chi connectivity index (χ4n) is 2.93. The highest BCUT2D eigenvalue weighted by Gasteiger charge is 2.24. The molecule has 1 aromatic carbocycles. The van der Waals surface area contributed by atoms with Crippen LogP contribution in [-0.2, 0) is 4.74 Å². The third kappa shape index (κ3) is 2.88. The minimum atomic E-state index is -0.425. The zero-order chi connectivity index (χ0) is 15.5. The van der Waals surface area contributed by atoms with Crippen LogP contribution in [0.1, 0.15) is 43.0 Å². The van der Waals surface area contributed by atoms with Crippen molar-refractivity contribution in [3.8, 4) is 0 Å². The maximum absolute atomic E-state index is 12.3. The second-order valence-electron chi connectivity index (χ2n) is 5.51. The minimum Gasteiger partial charge on any atom is -0.462 e. The summed E-state index contributed by atoms with van der Waals surface area (Å²) < 4.78 is 5.16. The van der Waals surface area contributed by atoms with E-state index >= 15 is 0 Å². The molecule has 0 atom stereocenters. The first-order chi connectivity index (χ1) is 10.7. The number of nitrogens with zero attached hydrogens (tertiary/aromatic N) is 1. The Morgan fingerprint density at radius 1 is 1.36 bits per heavy atom. The third-order valence-electron chi connectivity index (χ3n) is 4.00. The number of carbonyl (C=O) groups is 1. The summed E-state index contributed by atoms with van der Waals surface area (Å²) in [5.74, 6) is 0.111. The quantitative estimate of drug-likeness (QED) is 0.848. The van der Waals surface area contributed by atoms with Crippen molar-refractivity contribution in [2.24, 2.45) is 0 Å². The fraction of sp³-hybridized carbons (Fsp3) is 0.412. The number of rotatable bonds is 4. The van der Waals surface area contributed by atoms with Crippen molar-refractivity contribution in [2.45, 2.75) is 38.6 Å². The van der Waals surface area contributed by atoms with Crippen LogP contribution in [0.4, 0.5) is 5.82 Å². The Hall–Kier alpha value is -1.81. The summed E-state index contributed by atoms with van der Waals surface area (Å²) in [6.45, 7) is 2.09. The van der Waals surface area contributed by atoms with E-state index in [9.17, 15) is 4.79 Å². The number of para-hydroxylation sites is 1. The lowest BCUT2D eigenvalue weighted by Crippen LogP contribution is -2.19. The Labute approximate surface area is 134 Å². The van der Waals surface area contributed by atoms with E-state index in [1.54, 1.807) is 6.92 Å². The van der Waals surface area contributed by atoms with E-state index in [-0.39, 0.29) is 0 Å². The molecule has 0 saturated heterocycles. The largest absolute Gasteiger partial charge is 0.462 e. The number of benzene rings is 1. The fourth-order valence-corrected chi connectivity index (χ4v) is 3.26. The zero-order valence-corrected chi connectivity index (χ0v) is 13.3. The Morgan fingerprint density at radius 2 is 2.09 bits per heavy atom. The number of fused-ring (bicyclic) bond motifs is 1. The molecular weight excluding hydrogens is 300 g/mol. The molecule has 1 aliphatic carbocycles. The van der Waals surface area contributed by atoms with E-state index < -0.39 is 5.97 Å². The van der Waals surface area contributed by atoms with Gasteiger partial charge in [-0.15, -0.1) is 0 Å². The molecular formula is C17H19ClN2O2. The SMILES string of the molecule is CCOC(=O)c1c(NC2CCCC2)nc2ccccc2c1Cl. The molecule has 0 bridgehead atoms. The van der Waals surface area contributed by atoms with Gasteiger partial charge in [-0.2, -0.15) is 0 Å². The number of carbonyl (C=O) groups excluding carboxylic acids is 1. The second-order valence-corrected chi connectivity index (χ2v) is 5.89. The molecule has 1 fully saturated rings. The van der Waals surface area contributed by atoms with Gasteiger partial charge in [-0.1, -0.05) is 42.6 Å². The molecule has 1 aromatic heterocycles. The van der Waals surface area contributed by atoms with Crippen molar-refractivity contribution < 1.29 is 9.53 Å². The number of halogens is 1. The summed E-state index contributed by atoms with van der Waals surface area (Å²) in [4.78, 5) is 16.9. The van der Waals surface area contributed by atoms with Crippen molar-refractivity contribution in [1.29, 1.82) is 0 Å². The smallest absolute Gasteiger partial charge is 0.343 e. The number of aromatic nitrogens is 1. The number of hydrogen-bond acceptors (Lipinski definition) is 4. The van der Waals surface area contributed by atoms with Crippen LogP contribution in [0.15, 0.2) is 24.3 Å². The normalized spacial score (nSPS) is 15.2. The van der Waals surface area contributed by atoms with Crippen molar-refractivity contribution >= 4 is 34.3 Å². The highest BCUT2D eigenvalue weighted by Crippen LogP contribution is 2.33. The highest BCUT2D eigenvalue weighted by atomic mass is 35.5. The molecule has 1 aliphatic rings. The van der Waals surface area contributed by atoms with Crippen LogP contribution < -0.4 is 5.32 Å². The molecule has 0 unspecified atom stereocenters. The Kier molecular flexibility index (Phi) is 4.48. The molecule has 5 heteroatoms. The predicted molar refractivity (Wildman–Crippen MR) is 88.6 cm³/mol. The Balaban J connectivity index is 2.09. The molecule has 3 rings (SSSR count). The van der Waals surface area contributed by atoms with Crippen LogP contribution in [0.25, 0.3) is 10.9 Å². The van der Waals surface area contributed by atoms with Gasteiger partial charge >= 0.3 is 5.97 Å².